The van der Waals surface area contributed by atoms with E-state index < -0.39 is 5.97 Å². The Morgan fingerprint density at radius 1 is 1.39 bits per heavy atom. The van der Waals surface area contributed by atoms with E-state index in [0.29, 0.717) is 20.1 Å². The number of aromatic hydroxyl groups is 2. The lowest BCUT2D eigenvalue weighted by molar-refractivity contribution is -0.137. The summed E-state index contributed by atoms with van der Waals surface area (Å²) < 4.78 is 0.853. The van der Waals surface area contributed by atoms with Gasteiger partial charge in [-0.15, -0.1) is 0 Å². The highest BCUT2D eigenvalue weighted by Gasteiger charge is 2.32. The predicted molar refractivity (Wildman–Crippen MR) is 94.2 cm³/mol. The van der Waals surface area contributed by atoms with Gasteiger partial charge < -0.3 is 15.3 Å². The summed E-state index contributed by atoms with van der Waals surface area (Å²) in [5.74, 6) is -1.91. The molecule has 23 heavy (non-hydrogen) atoms. The van der Waals surface area contributed by atoms with Crippen molar-refractivity contribution < 1.29 is 24.9 Å². The van der Waals surface area contributed by atoms with Gasteiger partial charge in [-0.1, -0.05) is 39.9 Å². The number of phenolic OH excluding ortho intramolecular Hbond substituents is 2. The first-order valence-corrected chi connectivity index (χ1v) is 8.50. The minimum atomic E-state index is -0.931. The van der Waals surface area contributed by atoms with Crippen molar-refractivity contribution in [2.45, 2.75) is 12.8 Å². The fourth-order valence-electron chi connectivity index (χ4n) is 1.92. The number of nitrogens with zero attached hydrogens (tertiary/aromatic N) is 1. The van der Waals surface area contributed by atoms with Crippen LogP contribution in [0.3, 0.4) is 0 Å². The minimum absolute atomic E-state index is 0.0466. The van der Waals surface area contributed by atoms with Crippen LogP contribution in [0.2, 0.25) is 0 Å². The van der Waals surface area contributed by atoms with E-state index in [0.717, 1.165) is 11.8 Å². The molecular weight excluding hydrogens is 406 g/mol. The lowest BCUT2D eigenvalue weighted by atomic mass is 10.1. The van der Waals surface area contributed by atoms with Crippen LogP contribution in [0.25, 0.3) is 6.08 Å². The Hall–Kier alpha value is -1.58. The second kappa shape index (κ2) is 7.33. The molecule has 122 valence electrons. The SMILES string of the molecule is O=C(O)CCCN1C(=O)C(=Cc2c(Br)ccc(O)c2O)SC1=S. The maximum Gasteiger partial charge on any atom is 0.303 e. The third-order valence-electron chi connectivity index (χ3n) is 3.06. The largest absolute Gasteiger partial charge is 0.504 e. The molecule has 9 heteroatoms. The standard InChI is InChI=1S/C14H12BrNO5S2/c15-8-3-4-9(17)12(20)7(8)6-10-13(21)16(14(22)23-10)5-1-2-11(18)19/h3-4,6,17,20H,1-2,5H2,(H,18,19). The van der Waals surface area contributed by atoms with Crippen molar-refractivity contribution in [3.05, 3.63) is 27.1 Å². The number of rotatable bonds is 5. The summed E-state index contributed by atoms with van der Waals surface area (Å²) in [6.45, 7) is 0.224. The van der Waals surface area contributed by atoms with Crippen LogP contribution in [0.15, 0.2) is 21.5 Å². The van der Waals surface area contributed by atoms with E-state index in [1.807, 2.05) is 0 Å². The molecule has 1 fully saturated rings. The summed E-state index contributed by atoms with van der Waals surface area (Å²) in [7, 11) is 0. The third-order valence-corrected chi connectivity index (χ3v) is 5.13. The molecule has 1 aliphatic rings. The van der Waals surface area contributed by atoms with Crippen molar-refractivity contribution in [1.29, 1.82) is 0 Å². The van der Waals surface area contributed by atoms with Crippen molar-refractivity contribution in [1.82, 2.24) is 4.90 Å². The van der Waals surface area contributed by atoms with Crippen LogP contribution in [0.5, 0.6) is 11.5 Å². The smallest absolute Gasteiger partial charge is 0.303 e. The molecule has 0 atom stereocenters. The number of thioether (sulfide) groups is 1. The first kappa shape index (κ1) is 17.8. The number of halogens is 1. The van der Waals surface area contributed by atoms with Gasteiger partial charge >= 0.3 is 5.97 Å². The van der Waals surface area contributed by atoms with Crippen molar-refractivity contribution in [2.24, 2.45) is 0 Å². The number of hydrogen-bond donors (Lipinski definition) is 3. The summed E-state index contributed by atoms with van der Waals surface area (Å²) in [6.07, 6.45) is 1.70. The number of carbonyl (C=O) groups excluding carboxylic acids is 1. The van der Waals surface area contributed by atoms with Gasteiger partial charge in [-0.3, -0.25) is 14.5 Å². The Bertz CT molecular complexity index is 719. The number of benzene rings is 1. The number of carbonyl (C=O) groups is 2. The van der Waals surface area contributed by atoms with E-state index in [2.05, 4.69) is 15.9 Å². The van der Waals surface area contributed by atoms with Crippen LogP contribution in [0, 0.1) is 0 Å². The van der Waals surface area contributed by atoms with Crippen LogP contribution < -0.4 is 0 Å². The molecule has 1 saturated heterocycles. The summed E-state index contributed by atoms with van der Waals surface area (Å²) in [6, 6.07) is 2.88. The van der Waals surface area contributed by atoms with E-state index in [1.54, 1.807) is 6.07 Å². The van der Waals surface area contributed by atoms with Gasteiger partial charge in [-0.25, -0.2) is 0 Å². The lowest BCUT2D eigenvalue weighted by Gasteiger charge is -2.13. The Labute approximate surface area is 149 Å². The molecule has 1 heterocycles. The molecule has 3 N–H and O–H groups in total. The Morgan fingerprint density at radius 3 is 2.74 bits per heavy atom. The number of carboxylic acid groups (broad SMARTS) is 1. The van der Waals surface area contributed by atoms with Crippen LogP contribution in [0.1, 0.15) is 18.4 Å². The molecule has 0 radical (unpaired) electrons. The first-order valence-electron chi connectivity index (χ1n) is 6.49. The summed E-state index contributed by atoms with van der Waals surface area (Å²) in [5.41, 5.74) is 0.274. The molecule has 1 aromatic carbocycles. The molecule has 0 spiro atoms. The molecular formula is C14H12BrNO5S2. The van der Waals surface area contributed by atoms with Gasteiger partial charge in [-0.05, 0) is 24.6 Å². The van der Waals surface area contributed by atoms with Crippen molar-refractivity contribution in [3.63, 3.8) is 0 Å². The minimum Gasteiger partial charge on any atom is -0.504 e. The zero-order valence-electron chi connectivity index (χ0n) is 11.7. The van der Waals surface area contributed by atoms with Gasteiger partial charge in [0.25, 0.3) is 5.91 Å². The van der Waals surface area contributed by atoms with Crippen molar-refractivity contribution in [3.8, 4) is 11.5 Å². The number of hydrogen-bond acceptors (Lipinski definition) is 6. The summed E-state index contributed by atoms with van der Waals surface area (Å²) in [4.78, 5) is 24.5. The van der Waals surface area contributed by atoms with Crippen molar-refractivity contribution in [2.75, 3.05) is 6.54 Å². The number of amides is 1. The Morgan fingerprint density at radius 2 is 2.09 bits per heavy atom. The maximum atomic E-state index is 12.3. The van der Waals surface area contributed by atoms with Crippen LogP contribution in [0.4, 0.5) is 0 Å². The summed E-state index contributed by atoms with van der Waals surface area (Å²) in [5, 5.41) is 28.1. The van der Waals surface area contributed by atoms with Gasteiger partial charge in [0.05, 0.1) is 4.91 Å². The topological polar surface area (TPSA) is 98.1 Å². The quantitative estimate of drug-likeness (QED) is 0.384. The zero-order chi connectivity index (χ0) is 17.1. The predicted octanol–water partition coefficient (Wildman–Crippen LogP) is 2.93. The Kier molecular flexibility index (Phi) is 5.66. The molecule has 6 nitrogen and oxygen atoms in total. The zero-order valence-corrected chi connectivity index (χ0v) is 14.9. The second-order valence-electron chi connectivity index (χ2n) is 4.66. The molecule has 0 aliphatic carbocycles. The molecule has 0 bridgehead atoms. The number of thiocarbonyl (C=S) groups is 1. The van der Waals surface area contributed by atoms with Gasteiger partial charge in [-0.2, -0.15) is 0 Å². The lowest BCUT2D eigenvalue weighted by Crippen LogP contribution is -2.29. The number of carboxylic acids is 1. The molecule has 1 aromatic rings. The maximum absolute atomic E-state index is 12.3. The molecule has 0 aromatic heterocycles. The molecule has 1 amide bonds. The average molecular weight is 418 g/mol. The van der Waals surface area contributed by atoms with E-state index >= 15 is 0 Å². The normalized spacial score (nSPS) is 16.4. The highest BCUT2D eigenvalue weighted by atomic mass is 79.9. The Balaban J connectivity index is 2.22. The third kappa shape index (κ3) is 4.04. The molecule has 2 rings (SSSR count). The monoisotopic (exact) mass is 417 g/mol. The van der Waals surface area contributed by atoms with Crippen LogP contribution in [-0.2, 0) is 9.59 Å². The average Bonchev–Trinajstić information content (AvgIpc) is 2.74. The summed E-state index contributed by atoms with van der Waals surface area (Å²) >= 11 is 9.45. The fourth-order valence-corrected chi connectivity index (χ4v) is 3.65. The van der Waals surface area contributed by atoms with E-state index in [-0.39, 0.29) is 35.9 Å². The van der Waals surface area contributed by atoms with Crippen LogP contribution >= 0.6 is 39.9 Å². The highest BCUT2D eigenvalue weighted by molar-refractivity contribution is 9.10. The molecule has 1 aliphatic heterocycles. The molecule has 0 saturated carbocycles. The van der Waals surface area contributed by atoms with Crippen molar-refractivity contribution >= 4 is 62.2 Å². The number of phenols is 2. The second-order valence-corrected chi connectivity index (χ2v) is 7.19. The number of aliphatic carboxylic acids is 1. The van der Waals surface area contributed by atoms with Gasteiger partial charge in [0, 0.05) is 23.0 Å². The highest BCUT2D eigenvalue weighted by Crippen LogP contribution is 2.39. The van der Waals surface area contributed by atoms with Gasteiger partial charge in [0.2, 0.25) is 0 Å². The van der Waals surface area contributed by atoms with Gasteiger partial charge in [0.1, 0.15) is 4.32 Å². The first-order chi connectivity index (χ1) is 10.8. The van der Waals surface area contributed by atoms with E-state index in [4.69, 9.17) is 17.3 Å². The fraction of sp³-hybridized carbons (Fsp3) is 0.214. The molecule has 0 unspecified atom stereocenters. The van der Waals surface area contributed by atoms with Crippen LogP contribution in [-0.4, -0.2) is 43.0 Å². The van der Waals surface area contributed by atoms with Gasteiger partial charge in [0.15, 0.2) is 11.5 Å². The van der Waals surface area contributed by atoms with E-state index in [9.17, 15) is 19.8 Å². The van der Waals surface area contributed by atoms with E-state index in [1.165, 1.54) is 17.0 Å².